The van der Waals surface area contributed by atoms with E-state index < -0.39 is 5.97 Å². The van der Waals surface area contributed by atoms with Gasteiger partial charge in [-0.2, -0.15) is 5.10 Å². The smallest absolute Gasteiger partial charge is 0.359 e. The van der Waals surface area contributed by atoms with Crippen molar-refractivity contribution in [3.05, 3.63) is 68.8 Å². The van der Waals surface area contributed by atoms with Crippen LogP contribution in [0, 0.1) is 23.7 Å². The lowest BCUT2D eigenvalue weighted by molar-refractivity contribution is -0.0207. The van der Waals surface area contributed by atoms with Gasteiger partial charge in [-0.25, -0.2) is 9.48 Å². The molecule has 34 heavy (non-hydrogen) atoms. The molecule has 0 radical (unpaired) electrons. The molecule has 180 valence electrons. The Bertz CT molecular complexity index is 1250. The maximum Gasteiger partial charge on any atom is 0.359 e. The molecule has 3 aromatic rings. The Kier molecular flexibility index (Phi) is 6.56. The van der Waals surface area contributed by atoms with Crippen LogP contribution in [0.1, 0.15) is 57.1 Å². The van der Waals surface area contributed by atoms with E-state index in [0.29, 0.717) is 32.2 Å². The molecule has 7 heteroatoms. The summed E-state index contributed by atoms with van der Waals surface area (Å²) in [7, 11) is 0. The van der Waals surface area contributed by atoms with Gasteiger partial charge in [-0.05, 0) is 55.0 Å². The molecule has 1 heterocycles. The summed E-state index contributed by atoms with van der Waals surface area (Å²) in [5.74, 6) is -0.00372. The molecule has 0 aliphatic heterocycles. The first-order chi connectivity index (χ1) is 15.8. The summed E-state index contributed by atoms with van der Waals surface area (Å²) in [6.45, 7) is 12.9. The lowest BCUT2D eigenvalue weighted by Crippen LogP contribution is -2.38. The standard InChI is InChI=1S/C27H29Cl3N2O2/c1-15-13-22(27(5,6)26(15,3)4)34-25(33)23-16(2)24(17-7-9-18(28)10-8-17)32(31-23)21-12-11-19(29)14-20(21)30/h7-12,14-15,22H,13H2,1-6H3/t15-,22+/m1/s1. The minimum atomic E-state index is -0.431. The second-order valence-electron chi connectivity index (χ2n) is 10.3. The molecule has 0 spiro atoms. The van der Waals surface area contributed by atoms with Gasteiger partial charge in [0.25, 0.3) is 0 Å². The minimum Gasteiger partial charge on any atom is -0.457 e. The average molecular weight is 520 g/mol. The van der Waals surface area contributed by atoms with Crippen LogP contribution in [0.25, 0.3) is 16.9 Å². The van der Waals surface area contributed by atoms with Crippen molar-refractivity contribution in [3.63, 3.8) is 0 Å². The van der Waals surface area contributed by atoms with Crippen molar-refractivity contribution in [2.45, 2.75) is 54.1 Å². The van der Waals surface area contributed by atoms with Crippen molar-refractivity contribution >= 4 is 40.8 Å². The first kappa shape index (κ1) is 25.1. The summed E-state index contributed by atoms with van der Waals surface area (Å²) in [6.07, 6.45) is 0.617. The molecule has 0 saturated heterocycles. The van der Waals surface area contributed by atoms with Crippen LogP contribution in [0.5, 0.6) is 0 Å². The number of nitrogens with zero attached hydrogens (tertiary/aromatic N) is 2. The van der Waals surface area contributed by atoms with Crippen molar-refractivity contribution in [2.24, 2.45) is 16.7 Å². The molecule has 1 fully saturated rings. The van der Waals surface area contributed by atoms with Crippen LogP contribution >= 0.6 is 34.8 Å². The van der Waals surface area contributed by atoms with Crippen LogP contribution in [-0.4, -0.2) is 21.9 Å². The second kappa shape index (κ2) is 8.89. The van der Waals surface area contributed by atoms with Crippen molar-refractivity contribution < 1.29 is 9.53 Å². The topological polar surface area (TPSA) is 44.1 Å². The molecule has 0 unspecified atom stereocenters. The average Bonchev–Trinajstić information content (AvgIpc) is 3.16. The molecule has 0 N–H and O–H groups in total. The fourth-order valence-corrected chi connectivity index (χ4v) is 5.42. The van der Waals surface area contributed by atoms with E-state index in [1.165, 1.54) is 0 Å². The lowest BCUT2D eigenvalue weighted by atomic mass is 9.67. The van der Waals surface area contributed by atoms with Crippen LogP contribution in [0.2, 0.25) is 15.1 Å². The van der Waals surface area contributed by atoms with E-state index in [0.717, 1.165) is 17.7 Å². The van der Waals surface area contributed by atoms with Crippen LogP contribution in [0.15, 0.2) is 42.5 Å². The Morgan fingerprint density at radius 3 is 2.18 bits per heavy atom. The third-order valence-corrected chi connectivity index (χ3v) is 8.88. The highest BCUT2D eigenvalue weighted by Crippen LogP contribution is 2.56. The number of carbonyl (C=O) groups is 1. The van der Waals surface area contributed by atoms with E-state index in [9.17, 15) is 4.79 Å². The quantitative estimate of drug-likeness (QED) is 0.325. The molecule has 2 atom stereocenters. The van der Waals surface area contributed by atoms with E-state index in [2.05, 4.69) is 34.6 Å². The monoisotopic (exact) mass is 518 g/mol. The summed E-state index contributed by atoms with van der Waals surface area (Å²) in [5.41, 5.74) is 3.07. The Morgan fingerprint density at radius 1 is 1.00 bits per heavy atom. The predicted octanol–water partition coefficient (Wildman–Crippen LogP) is 8.43. The van der Waals surface area contributed by atoms with Gasteiger partial charge in [0.05, 0.1) is 16.4 Å². The second-order valence-corrected chi connectivity index (χ2v) is 11.6. The van der Waals surface area contributed by atoms with E-state index >= 15 is 0 Å². The zero-order valence-electron chi connectivity index (χ0n) is 20.2. The number of hydrogen-bond acceptors (Lipinski definition) is 3. The molecule has 1 aliphatic carbocycles. The summed E-state index contributed by atoms with van der Waals surface area (Å²) in [6, 6.07) is 12.6. The summed E-state index contributed by atoms with van der Waals surface area (Å²) in [4.78, 5) is 13.5. The van der Waals surface area contributed by atoms with Crippen molar-refractivity contribution in [1.82, 2.24) is 9.78 Å². The molecule has 0 amide bonds. The highest BCUT2D eigenvalue weighted by Gasteiger charge is 2.54. The summed E-state index contributed by atoms with van der Waals surface area (Å²) >= 11 is 18.8. The third kappa shape index (κ3) is 4.14. The summed E-state index contributed by atoms with van der Waals surface area (Å²) in [5, 5.41) is 6.27. The molecular formula is C27H29Cl3N2O2. The van der Waals surface area contributed by atoms with Gasteiger partial charge < -0.3 is 4.74 Å². The van der Waals surface area contributed by atoms with Crippen molar-refractivity contribution in [3.8, 4) is 16.9 Å². The van der Waals surface area contributed by atoms with E-state index in [1.54, 1.807) is 35.0 Å². The molecule has 4 rings (SSSR count). The van der Waals surface area contributed by atoms with Gasteiger partial charge in [0.15, 0.2) is 5.69 Å². The number of halogens is 3. The van der Waals surface area contributed by atoms with Crippen molar-refractivity contribution in [1.29, 1.82) is 0 Å². The molecule has 2 aromatic carbocycles. The third-order valence-electron chi connectivity index (χ3n) is 8.09. The van der Waals surface area contributed by atoms with Gasteiger partial charge in [-0.3, -0.25) is 0 Å². The Balaban J connectivity index is 1.80. The molecule has 1 saturated carbocycles. The van der Waals surface area contributed by atoms with Gasteiger partial charge in [0, 0.05) is 26.6 Å². The van der Waals surface area contributed by atoms with E-state index in [-0.39, 0.29) is 22.6 Å². The predicted molar refractivity (Wildman–Crippen MR) is 139 cm³/mol. The number of hydrogen-bond donors (Lipinski definition) is 0. The van der Waals surface area contributed by atoms with Gasteiger partial charge in [-0.1, -0.05) is 81.6 Å². The fourth-order valence-electron chi connectivity index (χ4n) is 4.80. The minimum absolute atomic E-state index is 0.0393. The van der Waals surface area contributed by atoms with Crippen LogP contribution < -0.4 is 0 Å². The first-order valence-corrected chi connectivity index (χ1v) is 12.5. The Labute approximate surface area is 216 Å². The highest BCUT2D eigenvalue weighted by atomic mass is 35.5. The molecular weight excluding hydrogens is 491 g/mol. The number of esters is 1. The van der Waals surface area contributed by atoms with Crippen LogP contribution in [0.4, 0.5) is 0 Å². The van der Waals surface area contributed by atoms with Gasteiger partial charge in [0.1, 0.15) is 6.10 Å². The van der Waals surface area contributed by atoms with Crippen LogP contribution in [-0.2, 0) is 4.74 Å². The maximum atomic E-state index is 13.5. The Hall–Kier alpha value is -2.01. The molecule has 0 bridgehead atoms. The Morgan fingerprint density at radius 2 is 1.62 bits per heavy atom. The first-order valence-electron chi connectivity index (χ1n) is 11.4. The van der Waals surface area contributed by atoms with Crippen molar-refractivity contribution in [2.75, 3.05) is 0 Å². The van der Waals surface area contributed by atoms with Gasteiger partial charge >= 0.3 is 5.97 Å². The summed E-state index contributed by atoms with van der Waals surface area (Å²) < 4.78 is 7.80. The number of aromatic nitrogens is 2. The van der Waals surface area contributed by atoms with Gasteiger partial charge in [-0.15, -0.1) is 0 Å². The highest BCUT2D eigenvalue weighted by molar-refractivity contribution is 6.35. The number of rotatable bonds is 4. The fraction of sp³-hybridized carbons (Fsp3) is 0.407. The zero-order chi connectivity index (χ0) is 25.0. The van der Waals surface area contributed by atoms with E-state index in [1.807, 2.05) is 19.1 Å². The zero-order valence-corrected chi connectivity index (χ0v) is 22.5. The van der Waals surface area contributed by atoms with E-state index in [4.69, 9.17) is 44.6 Å². The largest absolute Gasteiger partial charge is 0.457 e. The SMILES string of the molecule is Cc1c(C(=O)O[C@H]2C[C@@H](C)C(C)(C)C2(C)C)nn(-c2ccc(Cl)cc2Cl)c1-c1ccc(Cl)cc1. The number of carbonyl (C=O) groups excluding carboxylic acids is 1. The normalized spacial score (nSPS) is 21.0. The number of benzene rings is 2. The van der Waals surface area contributed by atoms with Gasteiger partial charge in [0.2, 0.25) is 0 Å². The molecule has 4 nitrogen and oxygen atoms in total. The number of ether oxygens (including phenoxy) is 1. The molecule has 1 aliphatic rings. The molecule has 1 aromatic heterocycles. The lowest BCUT2D eigenvalue weighted by Gasteiger charge is -2.40. The van der Waals surface area contributed by atoms with Crippen LogP contribution in [0.3, 0.4) is 0 Å². The maximum absolute atomic E-state index is 13.5.